The van der Waals surface area contributed by atoms with Crippen LogP contribution >= 0.6 is 22.7 Å². The average molecular weight is 427 g/mol. The molecule has 1 fully saturated rings. The third-order valence-corrected chi connectivity index (χ3v) is 6.84. The molecule has 6 nitrogen and oxygen atoms in total. The summed E-state index contributed by atoms with van der Waals surface area (Å²) in [6, 6.07) is 9.68. The number of methoxy groups -OCH3 is 1. The fourth-order valence-electron chi connectivity index (χ4n) is 3.21. The van der Waals surface area contributed by atoms with E-state index < -0.39 is 17.7 Å². The van der Waals surface area contributed by atoms with Crippen molar-refractivity contribution < 1.29 is 19.4 Å². The van der Waals surface area contributed by atoms with E-state index in [0.29, 0.717) is 16.4 Å². The average Bonchev–Trinajstić information content (AvgIpc) is 3.42. The number of nitrogens with zero attached hydrogens (tertiary/aromatic N) is 2. The molecule has 3 aromatic rings. The Balaban J connectivity index is 1.89. The van der Waals surface area contributed by atoms with E-state index in [1.165, 1.54) is 27.6 Å². The van der Waals surface area contributed by atoms with Gasteiger partial charge in [0.1, 0.15) is 17.6 Å². The van der Waals surface area contributed by atoms with Crippen LogP contribution in [0.1, 0.15) is 27.1 Å². The topological polar surface area (TPSA) is 79.7 Å². The van der Waals surface area contributed by atoms with Crippen LogP contribution in [0, 0.1) is 13.8 Å². The quantitative estimate of drug-likeness (QED) is 0.379. The molecule has 2 aromatic heterocycles. The summed E-state index contributed by atoms with van der Waals surface area (Å²) in [5, 5.41) is 13.3. The predicted octanol–water partition coefficient (Wildman–Crippen LogP) is 4.46. The number of benzene rings is 1. The number of thiazole rings is 1. The molecule has 4 rings (SSSR count). The molecule has 0 saturated carbocycles. The molecule has 148 valence electrons. The Kier molecular flexibility index (Phi) is 4.97. The second-order valence-corrected chi connectivity index (χ2v) is 8.71. The van der Waals surface area contributed by atoms with E-state index in [0.717, 1.165) is 15.4 Å². The number of aryl methyl sites for hydroxylation is 2. The zero-order valence-electron chi connectivity index (χ0n) is 16.0. The van der Waals surface area contributed by atoms with Crippen molar-refractivity contribution in [3.63, 3.8) is 0 Å². The van der Waals surface area contributed by atoms with Crippen LogP contribution in [0.15, 0.2) is 47.4 Å². The van der Waals surface area contributed by atoms with Crippen LogP contribution in [0.5, 0.6) is 5.75 Å². The third kappa shape index (κ3) is 3.24. The van der Waals surface area contributed by atoms with Gasteiger partial charge in [-0.25, -0.2) is 4.98 Å². The van der Waals surface area contributed by atoms with Gasteiger partial charge in [-0.1, -0.05) is 6.07 Å². The van der Waals surface area contributed by atoms with Crippen molar-refractivity contribution in [3.8, 4) is 5.75 Å². The summed E-state index contributed by atoms with van der Waals surface area (Å²) in [4.78, 5) is 33.6. The number of carbonyl (C=O) groups is 2. The molecule has 1 saturated heterocycles. The van der Waals surface area contributed by atoms with Crippen LogP contribution in [-0.2, 0) is 9.59 Å². The van der Waals surface area contributed by atoms with Gasteiger partial charge in [-0.05, 0) is 49.6 Å². The molecule has 0 radical (unpaired) electrons. The fourth-order valence-corrected chi connectivity index (χ4v) is 4.97. The number of hydrogen-bond donors (Lipinski definition) is 1. The lowest BCUT2D eigenvalue weighted by Gasteiger charge is -2.21. The van der Waals surface area contributed by atoms with Gasteiger partial charge >= 0.3 is 5.91 Å². The molecule has 8 heteroatoms. The lowest BCUT2D eigenvalue weighted by molar-refractivity contribution is -0.132. The SMILES string of the molecule is COc1ccc(C(O)=C2C(=O)C(=O)N(c3nc(C)c(C)s3)[C@@H]2c2cccs2)cc1. The van der Waals surface area contributed by atoms with Crippen LogP contribution < -0.4 is 9.64 Å². The number of aliphatic hydroxyl groups excluding tert-OH is 1. The number of aromatic nitrogens is 1. The van der Waals surface area contributed by atoms with Crippen LogP contribution in [0.25, 0.3) is 5.76 Å². The van der Waals surface area contributed by atoms with Gasteiger partial charge < -0.3 is 9.84 Å². The number of rotatable bonds is 4. The van der Waals surface area contributed by atoms with Gasteiger partial charge in [0.05, 0.1) is 18.4 Å². The van der Waals surface area contributed by atoms with E-state index >= 15 is 0 Å². The van der Waals surface area contributed by atoms with E-state index in [2.05, 4.69) is 4.98 Å². The largest absolute Gasteiger partial charge is 0.507 e. The molecule has 3 heterocycles. The van der Waals surface area contributed by atoms with Gasteiger partial charge in [0.15, 0.2) is 5.13 Å². The number of ether oxygens (including phenoxy) is 1. The predicted molar refractivity (Wildman–Crippen MR) is 114 cm³/mol. The summed E-state index contributed by atoms with van der Waals surface area (Å²) in [7, 11) is 1.55. The maximum absolute atomic E-state index is 13.0. The van der Waals surface area contributed by atoms with Crippen LogP contribution in [0.4, 0.5) is 5.13 Å². The van der Waals surface area contributed by atoms with Gasteiger partial charge in [-0.3, -0.25) is 14.5 Å². The second kappa shape index (κ2) is 7.46. The Morgan fingerprint density at radius 3 is 2.45 bits per heavy atom. The Morgan fingerprint density at radius 2 is 1.90 bits per heavy atom. The molecule has 1 atom stereocenters. The minimum atomic E-state index is -0.720. The van der Waals surface area contributed by atoms with E-state index in [9.17, 15) is 14.7 Å². The highest BCUT2D eigenvalue weighted by atomic mass is 32.1. The zero-order valence-corrected chi connectivity index (χ0v) is 17.6. The summed E-state index contributed by atoms with van der Waals surface area (Å²) in [5.74, 6) is -0.989. The first-order valence-electron chi connectivity index (χ1n) is 8.85. The first-order chi connectivity index (χ1) is 13.9. The van der Waals surface area contributed by atoms with E-state index in [-0.39, 0.29) is 11.3 Å². The first-order valence-corrected chi connectivity index (χ1v) is 10.5. The number of carbonyl (C=O) groups excluding carboxylic acids is 2. The van der Waals surface area contributed by atoms with Crippen molar-refractivity contribution in [1.29, 1.82) is 0 Å². The van der Waals surface area contributed by atoms with Crippen molar-refractivity contribution >= 4 is 45.3 Å². The molecule has 0 spiro atoms. The first kappa shape index (κ1) is 19.4. The number of amides is 1. The lowest BCUT2D eigenvalue weighted by Crippen LogP contribution is -2.29. The van der Waals surface area contributed by atoms with Crippen molar-refractivity contribution in [2.75, 3.05) is 12.0 Å². The number of hydrogen-bond acceptors (Lipinski definition) is 7. The van der Waals surface area contributed by atoms with Crippen LogP contribution in [0.3, 0.4) is 0 Å². The van der Waals surface area contributed by atoms with Crippen molar-refractivity contribution in [3.05, 3.63) is 68.4 Å². The summed E-state index contributed by atoms with van der Waals surface area (Å²) in [5.41, 5.74) is 1.32. The Hall–Kier alpha value is -2.97. The smallest absolute Gasteiger partial charge is 0.301 e. The standard InChI is InChI=1S/C21H18N2O4S2/c1-11-12(2)29-21(22-11)23-17(15-5-4-10-28-15)16(19(25)20(23)26)18(24)13-6-8-14(27-3)9-7-13/h4-10,17,24H,1-3H3/t17-/m1/s1. The van der Waals surface area contributed by atoms with Crippen molar-refractivity contribution in [1.82, 2.24) is 4.98 Å². The van der Waals surface area contributed by atoms with Crippen molar-refractivity contribution in [2.45, 2.75) is 19.9 Å². The Labute approximate surface area is 175 Å². The lowest BCUT2D eigenvalue weighted by atomic mass is 10.00. The molecular formula is C21H18N2O4S2. The van der Waals surface area contributed by atoms with Gasteiger partial charge in [-0.15, -0.1) is 22.7 Å². The van der Waals surface area contributed by atoms with Gasteiger partial charge in [0, 0.05) is 15.3 Å². The Bertz CT molecular complexity index is 1090. The van der Waals surface area contributed by atoms with E-state index in [4.69, 9.17) is 4.74 Å². The molecule has 1 aliphatic rings. The monoisotopic (exact) mass is 426 g/mol. The highest BCUT2D eigenvalue weighted by Gasteiger charge is 2.48. The number of anilines is 1. The minimum Gasteiger partial charge on any atom is -0.507 e. The molecule has 1 aromatic carbocycles. The molecule has 1 aliphatic heterocycles. The summed E-state index contributed by atoms with van der Waals surface area (Å²) in [6.07, 6.45) is 0. The number of ketones is 1. The number of thiophene rings is 1. The second-order valence-electron chi connectivity index (χ2n) is 6.55. The number of Topliss-reactive ketones (excluding diaryl/α,β-unsaturated/α-hetero) is 1. The van der Waals surface area contributed by atoms with E-state index in [1.54, 1.807) is 31.4 Å². The van der Waals surface area contributed by atoms with Gasteiger partial charge in [-0.2, -0.15) is 0 Å². The normalized spacial score (nSPS) is 18.4. The molecule has 0 bridgehead atoms. The molecule has 1 amide bonds. The maximum Gasteiger partial charge on any atom is 0.301 e. The Morgan fingerprint density at radius 1 is 1.17 bits per heavy atom. The maximum atomic E-state index is 13.0. The molecule has 0 unspecified atom stereocenters. The molecular weight excluding hydrogens is 408 g/mol. The summed E-state index contributed by atoms with van der Waals surface area (Å²) >= 11 is 2.78. The van der Waals surface area contributed by atoms with Gasteiger partial charge in [0.25, 0.3) is 5.78 Å². The highest BCUT2D eigenvalue weighted by molar-refractivity contribution is 7.16. The molecule has 1 N–H and O–H groups in total. The summed E-state index contributed by atoms with van der Waals surface area (Å²) < 4.78 is 5.15. The van der Waals surface area contributed by atoms with Crippen LogP contribution in [-0.4, -0.2) is 28.9 Å². The molecule has 0 aliphatic carbocycles. The summed E-state index contributed by atoms with van der Waals surface area (Å²) in [6.45, 7) is 3.79. The molecule has 29 heavy (non-hydrogen) atoms. The fraction of sp³-hybridized carbons (Fsp3) is 0.190. The zero-order chi connectivity index (χ0) is 20.7. The third-order valence-electron chi connectivity index (χ3n) is 4.84. The van der Waals surface area contributed by atoms with Crippen LogP contribution in [0.2, 0.25) is 0 Å². The van der Waals surface area contributed by atoms with Gasteiger partial charge in [0.2, 0.25) is 0 Å². The highest BCUT2D eigenvalue weighted by Crippen LogP contribution is 2.44. The van der Waals surface area contributed by atoms with Crippen molar-refractivity contribution in [2.24, 2.45) is 0 Å². The number of aliphatic hydroxyl groups is 1. The minimum absolute atomic E-state index is 0.0631. The van der Waals surface area contributed by atoms with E-state index in [1.807, 2.05) is 31.4 Å².